The predicted octanol–water partition coefficient (Wildman–Crippen LogP) is 4.09. The lowest BCUT2D eigenvalue weighted by atomic mass is 10.0. The molecule has 0 aromatic heterocycles. The standard InChI is InChI=1S/C17H18FN/c18-17-9-7-16(8-10-17)15-5-3-14(4-6-15)13-19-11-1-2-12-19/h3-10H,1-2,11-13H2. The van der Waals surface area contributed by atoms with E-state index in [1.54, 1.807) is 0 Å². The Morgan fingerprint density at radius 1 is 0.789 bits per heavy atom. The molecule has 1 nitrogen and oxygen atoms in total. The first-order valence-electron chi connectivity index (χ1n) is 6.88. The monoisotopic (exact) mass is 255 g/mol. The summed E-state index contributed by atoms with van der Waals surface area (Å²) < 4.78 is 12.9. The summed E-state index contributed by atoms with van der Waals surface area (Å²) in [7, 11) is 0. The molecule has 0 N–H and O–H groups in total. The number of likely N-dealkylation sites (tertiary alicyclic amines) is 1. The van der Waals surface area contributed by atoms with Crippen LogP contribution in [0.25, 0.3) is 11.1 Å². The Kier molecular flexibility index (Phi) is 3.60. The molecule has 1 aliphatic rings. The predicted molar refractivity (Wildman–Crippen MR) is 76.3 cm³/mol. The average Bonchev–Trinajstić information content (AvgIpc) is 2.94. The number of benzene rings is 2. The fraction of sp³-hybridized carbons (Fsp3) is 0.294. The molecule has 0 saturated carbocycles. The second-order valence-corrected chi connectivity index (χ2v) is 5.19. The second-order valence-electron chi connectivity index (χ2n) is 5.19. The normalized spacial score (nSPS) is 15.8. The number of hydrogen-bond donors (Lipinski definition) is 0. The van der Waals surface area contributed by atoms with Gasteiger partial charge in [-0.1, -0.05) is 36.4 Å². The third-order valence-corrected chi connectivity index (χ3v) is 3.74. The Morgan fingerprint density at radius 3 is 1.89 bits per heavy atom. The summed E-state index contributed by atoms with van der Waals surface area (Å²) in [5.41, 5.74) is 3.56. The molecule has 2 aromatic carbocycles. The van der Waals surface area contributed by atoms with Gasteiger partial charge < -0.3 is 0 Å². The van der Waals surface area contributed by atoms with E-state index in [4.69, 9.17) is 0 Å². The highest BCUT2D eigenvalue weighted by molar-refractivity contribution is 5.63. The average molecular weight is 255 g/mol. The van der Waals surface area contributed by atoms with Gasteiger partial charge in [0.1, 0.15) is 5.82 Å². The molecule has 19 heavy (non-hydrogen) atoms. The first-order chi connectivity index (χ1) is 9.31. The maximum Gasteiger partial charge on any atom is 0.123 e. The number of halogens is 1. The molecule has 1 heterocycles. The van der Waals surface area contributed by atoms with Gasteiger partial charge in [0.25, 0.3) is 0 Å². The molecule has 0 unspecified atom stereocenters. The summed E-state index contributed by atoms with van der Waals surface area (Å²) in [6, 6.07) is 15.3. The second kappa shape index (κ2) is 5.54. The van der Waals surface area contributed by atoms with E-state index in [0.717, 1.165) is 17.7 Å². The van der Waals surface area contributed by atoms with Crippen LogP contribution in [0.2, 0.25) is 0 Å². The van der Waals surface area contributed by atoms with E-state index in [0.29, 0.717) is 0 Å². The Hall–Kier alpha value is -1.67. The van der Waals surface area contributed by atoms with E-state index in [9.17, 15) is 4.39 Å². The summed E-state index contributed by atoms with van der Waals surface area (Å²) in [6.07, 6.45) is 2.65. The minimum absolute atomic E-state index is 0.186. The highest BCUT2D eigenvalue weighted by Crippen LogP contribution is 2.21. The summed E-state index contributed by atoms with van der Waals surface area (Å²) in [5, 5.41) is 0. The summed E-state index contributed by atoms with van der Waals surface area (Å²) in [4.78, 5) is 2.49. The largest absolute Gasteiger partial charge is 0.299 e. The van der Waals surface area contributed by atoms with Gasteiger partial charge in [-0.3, -0.25) is 4.90 Å². The van der Waals surface area contributed by atoms with Crippen LogP contribution < -0.4 is 0 Å². The maximum atomic E-state index is 12.9. The fourth-order valence-corrected chi connectivity index (χ4v) is 2.64. The lowest BCUT2D eigenvalue weighted by molar-refractivity contribution is 0.331. The van der Waals surface area contributed by atoms with Crippen LogP contribution in [0.5, 0.6) is 0 Å². The molecule has 98 valence electrons. The van der Waals surface area contributed by atoms with Crippen LogP contribution in [0.4, 0.5) is 4.39 Å². The minimum Gasteiger partial charge on any atom is -0.299 e. The van der Waals surface area contributed by atoms with Crippen molar-refractivity contribution in [2.24, 2.45) is 0 Å². The van der Waals surface area contributed by atoms with Gasteiger partial charge in [-0.05, 0) is 54.8 Å². The molecule has 1 fully saturated rings. The smallest absolute Gasteiger partial charge is 0.123 e. The van der Waals surface area contributed by atoms with Gasteiger partial charge >= 0.3 is 0 Å². The van der Waals surface area contributed by atoms with E-state index in [1.165, 1.54) is 43.6 Å². The molecule has 0 amide bonds. The van der Waals surface area contributed by atoms with Gasteiger partial charge in [0.2, 0.25) is 0 Å². The lowest BCUT2D eigenvalue weighted by Crippen LogP contribution is -2.18. The number of rotatable bonds is 3. The highest BCUT2D eigenvalue weighted by Gasteiger charge is 2.11. The van der Waals surface area contributed by atoms with Gasteiger partial charge in [-0.25, -0.2) is 4.39 Å². The zero-order valence-corrected chi connectivity index (χ0v) is 11.0. The van der Waals surface area contributed by atoms with Crippen LogP contribution in [0.15, 0.2) is 48.5 Å². The third-order valence-electron chi connectivity index (χ3n) is 3.74. The van der Waals surface area contributed by atoms with Crippen molar-refractivity contribution in [1.29, 1.82) is 0 Å². The van der Waals surface area contributed by atoms with Crippen molar-refractivity contribution in [3.63, 3.8) is 0 Å². The Morgan fingerprint density at radius 2 is 1.32 bits per heavy atom. The van der Waals surface area contributed by atoms with E-state index in [2.05, 4.69) is 29.2 Å². The molecule has 0 bridgehead atoms. The van der Waals surface area contributed by atoms with Crippen molar-refractivity contribution in [1.82, 2.24) is 4.90 Å². The first-order valence-corrected chi connectivity index (χ1v) is 6.88. The van der Waals surface area contributed by atoms with Crippen LogP contribution >= 0.6 is 0 Å². The fourth-order valence-electron chi connectivity index (χ4n) is 2.64. The van der Waals surface area contributed by atoms with Crippen LogP contribution in [0, 0.1) is 5.82 Å². The zero-order valence-electron chi connectivity index (χ0n) is 11.0. The van der Waals surface area contributed by atoms with Crippen molar-refractivity contribution in [3.05, 3.63) is 59.9 Å². The van der Waals surface area contributed by atoms with Crippen molar-refractivity contribution < 1.29 is 4.39 Å². The molecule has 1 saturated heterocycles. The summed E-state index contributed by atoms with van der Waals surface area (Å²) in [5.74, 6) is -0.186. The molecular weight excluding hydrogens is 237 g/mol. The van der Waals surface area contributed by atoms with Crippen molar-refractivity contribution in [3.8, 4) is 11.1 Å². The molecule has 0 spiro atoms. The van der Waals surface area contributed by atoms with Gasteiger partial charge in [0.15, 0.2) is 0 Å². The van der Waals surface area contributed by atoms with Crippen LogP contribution in [-0.4, -0.2) is 18.0 Å². The van der Waals surface area contributed by atoms with E-state index in [1.807, 2.05) is 12.1 Å². The first kappa shape index (κ1) is 12.4. The minimum atomic E-state index is -0.186. The van der Waals surface area contributed by atoms with Gasteiger partial charge in [0.05, 0.1) is 0 Å². The zero-order chi connectivity index (χ0) is 13.1. The van der Waals surface area contributed by atoms with Crippen LogP contribution in [-0.2, 0) is 6.54 Å². The third kappa shape index (κ3) is 3.02. The highest BCUT2D eigenvalue weighted by atomic mass is 19.1. The van der Waals surface area contributed by atoms with Crippen LogP contribution in [0.1, 0.15) is 18.4 Å². The van der Waals surface area contributed by atoms with Gasteiger partial charge in [-0.2, -0.15) is 0 Å². The maximum absolute atomic E-state index is 12.9. The molecule has 0 aliphatic carbocycles. The van der Waals surface area contributed by atoms with E-state index in [-0.39, 0.29) is 5.82 Å². The van der Waals surface area contributed by atoms with E-state index < -0.39 is 0 Å². The molecule has 3 rings (SSSR count). The Bertz CT molecular complexity index is 524. The quantitative estimate of drug-likeness (QED) is 0.798. The van der Waals surface area contributed by atoms with Gasteiger partial charge in [-0.15, -0.1) is 0 Å². The number of nitrogens with zero attached hydrogens (tertiary/aromatic N) is 1. The molecule has 2 heteroatoms. The molecule has 0 atom stereocenters. The van der Waals surface area contributed by atoms with Crippen molar-refractivity contribution >= 4 is 0 Å². The molecule has 1 aliphatic heterocycles. The van der Waals surface area contributed by atoms with E-state index >= 15 is 0 Å². The summed E-state index contributed by atoms with van der Waals surface area (Å²) in [6.45, 7) is 3.49. The number of hydrogen-bond acceptors (Lipinski definition) is 1. The molecular formula is C17H18FN. The van der Waals surface area contributed by atoms with Crippen molar-refractivity contribution in [2.45, 2.75) is 19.4 Å². The summed E-state index contributed by atoms with van der Waals surface area (Å²) >= 11 is 0. The Balaban J connectivity index is 1.72. The Labute approximate surface area is 113 Å². The lowest BCUT2D eigenvalue weighted by Gasteiger charge is -2.14. The van der Waals surface area contributed by atoms with Gasteiger partial charge in [0, 0.05) is 6.54 Å². The van der Waals surface area contributed by atoms with Crippen molar-refractivity contribution in [2.75, 3.05) is 13.1 Å². The molecule has 2 aromatic rings. The molecule has 0 radical (unpaired) electrons. The topological polar surface area (TPSA) is 3.24 Å². The SMILES string of the molecule is Fc1ccc(-c2ccc(CN3CCCC3)cc2)cc1. The van der Waals surface area contributed by atoms with Crippen LogP contribution in [0.3, 0.4) is 0 Å².